The van der Waals surface area contributed by atoms with Gasteiger partial charge in [0.15, 0.2) is 0 Å². The average Bonchev–Trinajstić information content (AvgIpc) is 3.20. The summed E-state index contributed by atoms with van der Waals surface area (Å²) in [5.41, 5.74) is 1.96. The zero-order valence-electron chi connectivity index (χ0n) is 14.6. The molecule has 0 aliphatic carbocycles. The molecule has 1 saturated heterocycles. The van der Waals surface area contributed by atoms with E-state index >= 15 is 0 Å². The van der Waals surface area contributed by atoms with Gasteiger partial charge in [0, 0.05) is 37.2 Å². The monoisotopic (exact) mass is 326 g/mol. The van der Waals surface area contributed by atoms with Crippen molar-refractivity contribution in [1.82, 2.24) is 19.8 Å². The Bertz CT molecular complexity index is 680. The fraction of sp³-hybridized carbons (Fsp3) is 0.474. The van der Waals surface area contributed by atoms with Crippen LogP contribution in [0.4, 0.5) is 0 Å². The summed E-state index contributed by atoms with van der Waals surface area (Å²) in [6, 6.07) is 8.51. The van der Waals surface area contributed by atoms with Gasteiger partial charge < -0.3 is 9.88 Å². The maximum Gasteiger partial charge on any atom is 0.267 e. The molecule has 2 aromatic heterocycles. The average molecular weight is 326 g/mol. The van der Waals surface area contributed by atoms with Crippen molar-refractivity contribution in [3.63, 3.8) is 0 Å². The molecule has 0 aromatic carbocycles. The van der Waals surface area contributed by atoms with Crippen LogP contribution in [0.1, 0.15) is 48.4 Å². The molecule has 5 nitrogen and oxygen atoms in total. The Morgan fingerprint density at radius 1 is 1.38 bits per heavy atom. The third kappa shape index (κ3) is 3.36. The lowest BCUT2D eigenvalue weighted by molar-refractivity contribution is 0.0933. The number of pyridine rings is 1. The zero-order valence-corrected chi connectivity index (χ0v) is 14.6. The molecule has 1 aliphatic heterocycles. The first-order valence-electron chi connectivity index (χ1n) is 8.63. The van der Waals surface area contributed by atoms with Gasteiger partial charge >= 0.3 is 0 Å². The molecule has 0 unspecified atom stereocenters. The van der Waals surface area contributed by atoms with Gasteiger partial charge in [0.1, 0.15) is 5.69 Å². The van der Waals surface area contributed by atoms with Gasteiger partial charge in [-0.2, -0.15) is 0 Å². The third-order valence-corrected chi connectivity index (χ3v) is 4.89. The number of aromatic nitrogens is 2. The van der Waals surface area contributed by atoms with Crippen molar-refractivity contribution in [2.24, 2.45) is 5.92 Å². The van der Waals surface area contributed by atoms with E-state index in [1.807, 2.05) is 35.2 Å². The number of nitrogens with one attached hydrogen (secondary N) is 1. The highest BCUT2D eigenvalue weighted by atomic mass is 16.1. The Kier molecular flexibility index (Phi) is 5.00. The quantitative estimate of drug-likeness (QED) is 0.919. The molecular formula is C19H26N4O. The maximum absolute atomic E-state index is 12.6. The van der Waals surface area contributed by atoms with Crippen molar-refractivity contribution >= 4 is 5.91 Å². The van der Waals surface area contributed by atoms with Crippen LogP contribution in [0.3, 0.4) is 0 Å². The van der Waals surface area contributed by atoms with E-state index in [0.29, 0.717) is 18.5 Å². The van der Waals surface area contributed by atoms with Crippen LogP contribution in [-0.2, 0) is 0 Å². The molecule has 0 radical (unpaired) electrons. The highest BCUT2D eigenvalue weighted by Crippen LogP contribution is 2.35. The summed E-state index contributed by atoms with van der Waals surface area (Å²) in [5, 5.41) is 3.14. The number of carbonyl (C=O) groups excluding carboxylic acids is 1. The number of amides is 1. The summed E-state index contributed by atoms with van der Waals surface area (Å²) in [6.07, 6.45) is 6.78. The van der Waals surface area contributed by atoms with Crippen LogP contribution in [0.5, 0.6) is 0 Å². The van der Waals surface area contributed by atoms with Crippen LogP contribution in [0.15, 0.2) is 42.9 Å². The second-order valence-corrected chi connectivity index (χ2v) is 6.87. The maximum atomic E-state index is 12.6. The summed E-state index contributed by atoms with van der Waals surface area (Å²) in [4.78, 5) is 19.2. The van der Waals surface area contributed by atoms with Gasteiger partial charge in [-0.1, -0.05) is 6.07 Å². The van der Waals surface area contributed by atoms with E-state index in [4.69, 9.17) is 0 Å². The number of likely N-dealkylation sites (tertiary alicyclic amines) is 1. The molecule has 1 aliphatic rings. The lowest BCUT2D eigenvalue weighted by atomic mass is 9.95. The summed E-state index contributed by atoms with van der Waals surface area (Å²) in [6.45, 7) is 5.90. The van der Waals surface area contributed by atoms with Crippen molar-refractivity contribution < 1.29 is 4.79 Å². The fourth-order valence-corrected chi connectivity index (χ4v) is 3.67. The summed E-state index contributed by atoms with van der Waals surface area (Å²) in [5.74, 6) is 0.416. The van der Waals surface area contributed by atoms with Crippen molar-refractivity contribution in [1.29, 1.82) is 0 Å². The number of hydrogen-bond donors (Lipinski definition) is 1. The van der Waals surface area contributed by atoms with Crippen LogP contribution in [0.2, 0.25) is 0 Å². The number of hydrogen-bond acceptors (Lipinski definition) is 3. The van der Waals surface area contributed by atoms with Crippen LogP contribution in [0, 0.1) is 5.92 Å². The van der Waals surface area contributed by atoms with E-state index in [0.717, 1.165) is 18.7 Å². The number of nitrogens with zero attached hydrogens (tertiary/aromatic N) is 3. The highest BCUT2D eigenvalue weighted by Gasteiger charge is 2.33. The van der Waals surface area contributed by atoms with E-state index in [9.17, 15) is 4.79 Å². The molecule has 0 spiro atoms. The molecule has 1 fully saturated rings. The predicted molar refractivity (Wildman–Crippen MR) is 94.9 cm³/mol. The van der Waals surface area contributed by atoms with E-state index in [1.165, 1.54) is 5.56 Å². The normalized spacial score (nSPS) is 21.3. The minimum atomic E-state index is 0.00758. The lowest BCUT2D eigenvalue weighted by Crippen LogP contribution is -2.33. The molecule has 3 rings (SSSR count). The Labute approximate surface area is 143 Å². The topological polar surface area (TPSA) is 50.2 Å². The fourth-order valence-electron chi connectivity index (χ4n) is 3.67. The Morgan fingerprint density at radius 2 is 2.21 bits per heavy atom. The molecule has 2 aromatic rings. The number of rotatable bonds is 5. The Hall–Kier alpha value is -2.14. The van der Waals surface area contributed by atoms with Crippen LogP contribution >= 0.6 is 0 Å². The molecule has 128 valence electrons. The van der Waals surface area contributed by atoms with Crippen molar-refractivity contribution in [3.05, 3.63) is 54.1 Å². The molecule has 0 saturated carbocycles. The van der Waals surface area contributed by atoms with E-state index < -0.39 is 0 Å². The predicted octanol–water partition coefficient (Wildman–Crippen LogP) is 2.89. The highest BCUT2D eigenvalue weighted by molar-refractivity contribution is 5.92. The standard InChI is InChI=1S/C19H26N4O/c1-14(2)23-10-5-7-17(23)19(24)21-13-16-8-11-22(3)18(16)15-6-4-9-20-12-15/h4-7,9-10,12,14,16,18H,8,11,13H2,1-3H3,(H,21,24)/t16-,18-/m0/s1. The summed E-state index contributed by atoms with van der Waals surface area (Å²) >= 11 is 0. The minimum absolute atomic E-state index is 0.00758. The Balaban J connectivity index is 1.67. The van der Waals surface area contributed by atoms with Crippen LogP contribution in [-0.4, -0.2) is 40.5 Å². The van der Waals surface area contributed by atoms with E-state index in [1.54, 1.807) is 6.20 Å². The first kappa shape index (κ1) is 16.7. The zero-order chi connectivity index (χ0) is 17.1. The van der Waals surface area contributed by atoms with Crippen LogP contribution < -0.4 is 5.32 Å². The molecule has 24 heavy (non-hydrogen) atoms. The largest absolute Gasteiger partial charge is 0.350 e. The van der Waals surface area contributed by atoms with Crippen molar-refractivity contribution in [2.75, 3.05) is 20.1 Å². The molecule has 0 bridgehead atoms. The third-order valence-electron chi connectivity index (χ3n) is 4.89. The summed E-state index contributed by atoms with van der Waals surface area (Å²) in [7, 11) is 2.14. The SMILES string of the molecule is CC(C)n1cccc1C(=O)NC[C@@H]1CCN(C)[C@H]1c1cccnc1. The van der Waals surface area contributed by atoms with Gasteiger partial charge in [0.05, 0.1) is 0 Å². The summed E-state index contributed by atoms with van der Waals surface area (Å²) < 4.78 is 2.01. The molecule has 2 atom stereocenters. The van der Waals surface area contributed by atoms with E-state index in [-0.39, 0.29) is 11.9 Å². The minimum Gasteiger partial charge on any atom is -0.350 e. The molecular weight excluding hydrogens is 300 g/mol. The molecule has 1 N–H and O–H groups in total. The first-order valence-corrected chi connectivity index (χ1v) is 8.63. The van der Waals surface area contributed by atoms with Gasteiger partial charge in [-0.15, -0.1) is 0 Å². The molecule has 3 heterocycles. The first-order chi connectivity index (χ1) is 11.6. The second-order valence-electron chi connectivity index (χ2n) is 6.87. The second kappa shape index (κ2) is 7.18. The van der Waals surface area contributed by atoms with Crippen molar-refractivity contribution in [2.45, 2.75) is 32.4 Å². The van der Waals surface area contributed by atoms with Gasteiger partial charge in [0.25, 0.3) is 5.91 Å². The van der Waals surface area contributed by atoms with E-state index in [2.05, 4.69) is 42.2 Å². The number of carbonyl (C=O) groups is 1. The lowest BCUT2D eigenvalue weighted by Gasteiger charge is -2.25. The smallest absolute Gasteiger partial charge is 0.267 e. The Morgan fingerprint density at radius 3 is 2.92 bits per heavy atom. The van der Waals surface area contributed by atoms with Gasteiger partial charge in [-0.25, -0.2) is 0 Å². The van der Waals surface area contributed by atoms with Gasteiger partial charge in [0.2, 0.25) is 0 Å². The van der Waals surface area contributed by atoms with Crippen LogP contribution in [0.25, 0.3) is 0 Å². The van der Waals surface area contributed by atoms with Gasteiger partial charge in [-0.05, 0) is 63.5 Å². The molecule has 1 amide bonds. The molecule has 5 heteroatoms. The van der Waals surface area contributed by atoms with Gasteiger partial charge in [-0.3, -0.25) is 14.7 Å². The van der Waals surface area contributed by atoms with Crippen molar-refractivity contribution in [3.8, 4) is 0 Å².